The molecule has 0 aromatic heterocycles. The highest BCUT2D eigenvalue weighted by molar-refractivity contribution is 6.35. The van der Waals surface area contributed by atoms with E-state index < -0.39 is 11.8 Å². The van der Waals surface area contributed by atoms with Crippen molar-refractivity contribution in [3.63, 3.8) is 0 Å². The van der Waals surface area contributed by atoms with Gasteiger partial charge in [0.1, 0.15) is 5.75 Å². The molecule has 0 bridgehead atoms. The highest BCUT2D eigenvalue weighted by Crippen LogP contribution is 2.27. The smallest absolute Gasteiger partial charge is 0.329 e. The van der Waals surface area contributed by atoms with Crippen LogP contribution >= 0.6 is 0 Å². The first-order valence-corrected chi connectivity index (χ1v) is 12.4. The predicted octanol–water partition coefficient (Wildman–Crippen LogP) is 3.09. The maximum Gasteiger partial charge on any atom is 0.329 e. The van der Waals surface area contributed by atoms with E-state index in [2.05, 4.69) is 28.1 Å². The molecule has 3 rings (SSSR count). The Morgan fingerprint density at radius 2 is 1.56 bits per heavy atom. The molecule has 0 radical (unpaired) electrons. The fourth-order valence-electron chi connectivity index (χ4n) is 3.53. The number of ether oxygens (including phenoxy) is 3. The minimum atomic E-state index is -0.912. The number of hydrogen-bond donors (Lipinski definition) is 3. The molecule has 0 aliphatic heterocycles. The standard InChI is InChI=1S/C29H32N4O6/c1-4-20-9-12-23(13-10-20)32-27(34)19-39-24-8-6-5-7-22(24)18-31-33-29(36)28(35)30-16-15-21-11-14-25(37-2)26(17-21)38-3/h5-14,17-18H,4,15-16,19H2,1-3H3,(H,30,35)(H,32,34)(H,33,36)/b31-18-. The summed E-state index contributed by atoms with van der Waals surface area (Å²) in [6.07, 6.45) is 2.75. The van der Waals surface area contributed by atoms with Gasteiger partial charge in [0.25, 0.3) is 5.91 Å². The zero-order valence-electron chi connectivity index (χ0n) is 22.2. The van der Waals surface area contributed by atoms with Crippen molar-refractivity contribution in [2.24, 2.45) is 5.10 Å². The van der Waals surface area contributed by atoms with Crippen LogP contribution in [0.4, 0.5) is 5.69 Å². The van der Waals surface area contributed by atoms with E-state index in [0.29, 0.717) is 34.9 Å². The van der Waals surface area contributed by atoms with Crippen LogP contribution in [-0.4, -0.2) is 51.3 Å². The van der Waals surface area contributed by atoms with Crippen LogP contribution < -0.4 is 30.3 Å². The molecular formula is C29H32N4O6. The predicted molar refractivity (Wildman–Crippen MR) is 148 cm³/mol. The molecule has 0 aliphatic carbocycles. The van der Waals surface area contributed by atoms with Gasteiger partial charge in [0.15, 0.2) is 18.1 Å². The second-order valence-electron chi connectivity index (χ2n) is 8.32. The van der Waals surface area contributed by atoms with Crippen molar-refractivity contribution in [3.8, 4) is 17.2 Å². The van der Waals surface area contributed by atoms with E-state index >= 15 is 0 Å². The molecule has 204 valence electrons. The second kappa shape index (κ2) is 14.8. The zero-order valence-corrected chi connectivity index (χ0v) is 22.2. The lowest BCUT2D eigenvalue weighted by atomic mass is 10.1. The van der Waals surface area contributed by atoms with Crippen LogP contribution in [0, 0.1) is 0 Å². The number of carbonyl (C=O) groups is 3. The van der Waals surface area contributed by atoms with Crippen molar-refractivity contribution in [1.29, 1.82) is 0 Å². The second-order valence-corrected chi connectivity index (χ2v) is 8.32. The number of hydrazone groups is 1. The van der Waals surface area contributed by atoms with E-state index in [-0.39, 0.29) is 19.1 Å². The molecule has 0 heterocycles. The summed E-state index contributed by atoms with van der Waals surface area (Å²) < 4.78 is 16.1. The lowest BCUT2D eigenvalue weighted by Gasteiger charge is -2.10. The van der Waals surface area contributed by atoms with Gasteiger partial charge in [-0.15, -0.1) is 0 Å². The third-order valence-corrected chi connectivity index (χ3v) is 5.65. The maximum atomic E-state index is 12.3. The number of carbonyl (C=O) groups excluding carboxylic acids is 3. The molecule has 39 heavy (non-hydrogen) atoms. The summed E-state index contributed by atoms with van der Waals surface area (Å²) in [5.41, 5.74) is 5.48. The number of hydrogen-bond acceptors (Lipinski definition) is 7. The van der Waals surface area contributed by atoms with Gasteiger partial charge in [-0.25, -0.2) is 5.43 Å². The van der Waals surface area contributed by atoms with Crippen molar-refractivity contribution in [3.05, 3.63) is 83.4 Å². The first-order valence-electron chi connectivity index (χ1n) is 12.4. The van der Waals surface area contributed by atoms with Crippen molar-refractivity contribution < 1.29 is 28.6 Å². The fraction of sp³-hybridized carbons (Fsp3) is 0.241. The first kappa shape index (κ1) is 28.7. The van der Waals surface area contributed by atoms with E-state index in [1.807, 2.05) is 36.4 Å². The SMILES string of the molecule is CCc1ccc(NC(=O)COc2ccccc2/C=N\NC(=O)C(=O)NCCc2ccc(OC)c(OC)c2)cc1. The minimum Gasteiger partial charge on any atom is -0.493 e. The van der Waals surface area contributed by atoms with Crippen molar-refractivity contribution in [1.82, 2.24) is 10.7 Å². The maximum absolute atomic E-state index is 12.3. The number of aryl methyl sites for hydroxylation is 1. The normalized spacial score (nSPS) is 10.5. The average Bonchev–Trinajstić information content (AvgIpc) is 2.96. The molecule has 0 spiro atoms. The topological polar surface area (TPSA) is 127 Å². The summed E-state index contributed by atoms with van der Waals surface area (Å²) in [4.78, 5) is 36.5. The number of nitrogens with one attached hydrogen (secondary N) is 3. The molecule has 0 saturated carbocycles. The van der Waals surface area contributed by atoms with Gasteiger partial charge in [0.05, 0.1) is 20.4 Å². The summed E-state index contributed by atoms with van der Waals surface area (Å²) >= 11 is 0. The summed E-state index contributed by atoms with van der Waals surface area (Å²) in [7, 11) is 3.10. The lowest BCUT2D eigenvalue weighted by molar-refractivity contribution is -0.139. The molecule has 10 nitrogen and oxygen atoms in total. The van der Waals surface area contributed by atoms with Gasteiger partial charge < -0.3 is 24.8 Å². The van der Waals surface area contributed by atoms with Gasteiger partial charge >= 0.3 is 11.8 Å². The molecule has 3 amide bonds. The highest BCUT2D eigenvalue weighted by Gasteiger charge is 2.13. The summed E-state index contributed by atoms with van der Waals surface area (Å²) in [5.74, 6) is -0.461. The Labute approximate surface area is 227 Å². The number of anilines is 1. The van der Waals surface area contributed by atoms with E-state index in [1.54, 1.807) is 44.6 Å². The number of rotatable bonds is 12. The Morgan fingerprint density at radius 3 is 2.28 bits per heavy atom. The molecule has 0 saturated heterocycles. The molecule has 3 N–H and O–H groups in total. The molecule has 10 heteroatoms. The number of amides is 3. The van der Waals surface area contributed by atoms with Gasteiger partial charge in [0.2, 0.25) is 0 Å². The monoisotopic (exact) mass is 532 g/mol. The molecule has 0 fully saturated rings. The number of para-hydroxylation sites is 1. The molecule has 3 aromatic carbocycles. The summed E-state index contributed by atoms with van der Waals surface area (Å²) in [6, 6.07) is 19.9. The Morgan fingerprint density at radius 1 is 0.846 bits per heavy atom. The zero-order chi connectivity index (χ0) is 28.0. The van der Waals surface area contributed by atoms with E-state index in [0.717, 1.165) is 12.0 Å². The first-order chi connectivity index (χ1) is 18.9. The van der Waals surface area contributed by atoms with Gasteiger partial charge in [0, 0.05) is 17.8 Å². The molecular weight excluding hydrogens is 500 g/mol. The van der Waals surface area contributed by atoms with Gasteiger partial charge in [-0.3, -0.25) is 14.4 Å². The van der Waals surface area contributed by atoms with Crippen LogP contribution in [0.5, 0.6) is 17.2 Å². The Bertz CT molecular complexity index is 1310. The van der Waals surface area contributed by atoms with Crippen molar-refractivity contribution >= 4 is 29.6 Å². The minimum absolute atomic E-state index is 0.213. The highest BCUT2D eigenvalue weighted by atomic mass is 16.5. The number of methoxy groups -OCH3 is 2. The molecule has 0 aliphatic rings. The average molecular weight is 533 g/mol. The fourth-order valence-corrected chi connectivity index (χ4v) is 3.53. The van der Waals surface area contributed by atoms with E-state index in [4.69, 9.17) is 14.2 Å². The number of nitrogens with zero attached hydrogens (tertiary/aromatic N) is 1. The van der Waals surface area contributed by atoms with E-state index in [1.165, 1.54) is 11.8 Å². The third-order valence-electron chi connectivity index (χ3n) is 5.65. The molecule has 0 unspecified atom stereocenters. The van der Waals surface area contributed by atoms with Crippen LogP contribution in [0.1, 0.15) is 23.6 Å². The molecule has 3 aromatic rings. The van der Waals surface area contributed by atoms with Crippen molar-refractivity contribution in [2.75, 3.05) is 32.7 Å². The van der Waals surface area contributed by atoms with Crippen LogP contribution in [-0.2, 0) is 27.2 Å². The Hall–Kier alpha value is -4.86. The quantitative estimate of drug-likeness (QED) is 0.187. The lowest BCUT2D eigenvalue weighted by Crippen LogP contribution is -2.38. The Balaban J connectivity index is 1.45. The Kier molecular flexibility index (Phi) is 10.9. The van der Waals surface area contributed by atoms with E-state index in [9.17, 15) is 14.4 Å². The van der Waals surface area contributed by atoms with Crippen LogP contribution in [0.15, 0.2) is 71.8 Å². The van der Waals surface area contributed by atoms with Crippen LogP contribution in [0.2, 0.25) is 0 Å². The van der Waals surface area contributed by atoms with Gasteiger partial charge in [-0.2, -0.15) is 5.10 Å². The van der Waals surface area contributed by atoms with Gasteiger partial charge in [-0.05, 0) is 60.4 Å². The van der Waals surface area contributed by atoms with Crippen LogP contribution in [0.3, 0.4) is 0 Å². The summed E-state index contributed by atoms with van der Waals surface area (Å²) in [5, 5.41) is 9.18. The molecule has 0 atom stereocenters. The third kappa shape index (κ3) is 8.89. The van der Waals surface area contributed by atoms with Crippen molar-refractivity contribution in [2.45, 2.75) is 19.8 Å². The summed E-state index contributed by atoms with van der Waals surface area (Å²) in [6.45, 7) is 2.09. The van der Waals surface area contributed by atoms with Gasteiger partial charge in [-0.1, -0.05) is 37.3 Å². The van der Waals surface area contributed by atoms with Crippen LogP contribution in [0.25, 0.3) is 0 Å². The largest absolute Gasteiger partial charge is 0.493 e. The number of benzene rings is 3.